The maximum Gasteiger partial charge on any atom is 0.313 e. The van der Waals surface area contributed by atoms with Gasteiger partial charge in [-0.3, -0.25) is 14.4 Å². The summed E-state index contributed by atoms with van der Waals surface area (Å²) in [5.41, 5.74) is -0.258. The van der Waals surface area contributed by atoms with E-state index in [4.69, 9.17) is 4.74 Å². The summed E-state index contributed by atoms with van der Waals surface area (Å²) in [7, 11) is 0. The lowest BCUT2D eigenvalue weighted by atomic mass is 9.64. The van der Waals surface area contributed by atoms with Crippen LogP contribution in [0.2, 0.25) is 0 Å². The number of ketones is 1. The molecule has 4 bridgehead atoms. The lowest BCUT2D eigenvalue weighted by molar-refractivity contribution is -0.178. The number of esters is 1. The first kappa shape index (κ1) is 37.7. The highest BCUT2D eigenvalue weighted by atomic mass is 32.1. The van der Waals surface area contributed by atoms with Crippen molar-refractivity contribution in [1.82, 2.24) is 4.90 Å². The van der Waals surface area contributed by atoms with Crippen LogP contribution in [0, 0.1) is 23.2 Å². The van der Waals surface area contributed by atoms with Crippen LogP contribution >= 0.6 is 11.3 Å². The Balaban J connectivity index is 1.32. The molecule has 6 unspecified atom stereocenters. The third-order valence-corrected chi connectivity index (χ3v) is 15.3. The van der Waals surface area contributed by atoms with Crippen molar-refractivity contribution in [2.75, 3.05) is 6.54 Å². The molecule has 8 rings (SSSR count). The van der Waals surface area contributed by atoms with Crippen molar-refractivity contribution in [3.63, 3.8) is 0 Å². The number of hydrogen-bond acceptors (Lipinski definition) is 7. The van der Waals surface area contributed by atoms with Crippen LogP contribution in [0.1, 0.15) is 129 Å². The Hall–Kier alpha value is -3.59. The van der Waals surface area contributed by atoms with E-state index in [1.807, 2.05) is 82.3 Å². The van der Waals surface area contributed by atoms with E-state index in [-0.39, 0.29) is 36.7 Å². The van der Waals surface area contributed by atoms with E-state index in [2.05, 4.69) is 26.0 Å². The van der Waals surface area contributed by atoms with E-state index in [1.54, 1.807) is 4.90 Å². The minimum Gasteiger partial charge on any atom is -0.448 e. The fraction of sp³-hybridized carbons (Fsp3) is 0.533. The molecule has 7 nitrogen and oxygen atoms in total. The predicted octanol–water partition coefficient (Wildman–Crippen LogP) is 8.48. The normalized spacial score (nSPS) is 32.2. The third kappa shape index (κ3) is 6.13. The minimum atomic E-state index is -1.32. The summed E-state index contributed by atoms with van der Waals surface area (Å²) in [6, 6.07) is 19.8. The second-order valence-corrected chi connectivity index (χ2v) is 18.8. The highest BCUT2D eigenvalue weighted by Gasteiger charge is 2.76. The Morgan fingerprint density at radius 1 is 0.943 bits per heavy atom. The number of amides is 1. The average molecular weight is 738 g/mol. The number of carbonyl (C=O) groups is 3. The van der Waals surface area contributed by atoms with Crippen LogP contribution < -0.4 is 0 Å². The number of fused-ring (bicyclic) bond motifs is 10. The first-order chi connectivity index (χ1) is 25.0. The number of rotatable bonds is 7. The second kappa shape index (κ2) is 13.6. The van der Waals surface area contributed by atoms with Gasteiger partial charge in [-0.15, -0.1) is 11.3 Å². The molecule has 3 aromatic rings. The molecule has 1 amide bonds. The molecule has 2 N–H and O–H groups in total. The molecule has 0 spiro atoms. The van der Waals surface area contributed by atoms with Crippen molar-refractivity contribution in [2.45, 2.75) is 129 Å². The molecule has 2 heterocycles. The van der Waals surface area contributed by atoms with E-state index < -0.39 is 33.6 Å². The molecule has 0 radical (unpaired) electrons. The van der Waals surface area contributed by atoms with E-state index in [0.29, 0.717) is 61.8 Å². The maximum absolute atomic E-state index is 15.1. The molecule has 282 valence electrons. The number of thiophene rings is 1. The Labute approximate surface area is 318 Å². The van der Waals surface area contributed by atoms with Crippen LogP contribution in [0.3, 0.4) is 0 Å². The van der Waals surface area contributed by atoms with Gasteiger partial charge in [-0.25, -0.2) is 0 Å². The largest absolute Gasteiger partial charge is 0.448 e. The molecule has 1 aliphatic heterocycles. The van der Waals surface area contributed by atoms with Gasteiger partial charge in [0.1, 0.15) is 0 Å². The van der Waals surface area contributed by atoms with Crippen LogP contribution in [-0.2, 0) is 27.3 Å². The van der Waals surface area contributed by atoms with Crippen LogP contribution in [0.15, 0.2) is 72.3 Å². The van der Waals surface area contributed by atoms with Gasteiger partial charge in [-0.2, -0.15) is 0 Å². The van der Waals surface area contributed by atoms with Gasteiger partial charge < -0.3 is 19.8 Å². The van der Waals surface area contributed by atoms with Crippen LogP contribution in [-0.4, -0.2) is 56.6 Å². The lowest BCUT2D eigenvalue weighted by Gasteiger charge is -2.47. The molecule has 2 aromatic carbocycles. The fourth-order valence-electron chi connectivity index (χ4n) is 10.2. The van der Waals surface area contributed by atoms with E-state index in [0.717, 1.165) is 28.0 Å². The number of aryl methyl sites for hydroxylation is 1. The van der Waals surface area contributed by atoms with Gasteiger partial charge in [0.15, 0.2) is 5.60 Å². The van der Waals surface area contributed by atoms with E-state index >= 15 is 4.79 Å². The molecular weight excluding hydrogens is 683 g/mol. The van der Waals surface area contributed by atoms with Crippen molar-refractivity contribution < 1.29 is 29.3 Å². The molecule has 53 heavy (non-hydrogen) atoms. The summed E-state index contributed by atoms with van der Waals surface area (Å²) >= 11 is 1.48. The highest BCUT2D eigenvalue weighted by molar-refractivity contribution is 7.14. The molecule has 6 atom stereocenters. The number of carbonyl (C=O) groups excluding carboxylic acids is 3. The summed E-state index contributed by atoms with van der Waals surface area (Å²) in [6.45, 7) is 12.5. The average Bonchev–Trinajstić information content (AvgIpc) is 3.77. The maximum atomic E-state index is 15.1. The van der Waals surface area contributed by atoms with Gasteiger partial charge in [-0.05, 0) is 119 Å². The Bertz CT molecular complexity index is 1950. The summed E-state index contributed by atoms with van der Waals surface area (Å²) in [4.78, 5) is 46.4. The Kier molecular flexibility index (Phi) is 9.69. The summed E-state index contributed by atoms with van der Waals surface area (Å²) in [5, 5.41) is 24.2. The van der Waals surface area contributed by atoms with E-state index in [1.165, 1.54) is 16.9 Å². The van der Waals surface area contributed by atoms with Gasteiger partial charge in [0.05, 0.1) is 28.5 Å². The van der Waals surface area contributed by atoms with Gasteiger partial charge in [0.2, 0.25) is 5.78 Å². The predicted molar refractivity (Wildman–Crippen MR) is 208 cm³/mol. The van der Waals surface area contributed by atoms with Crippen molar-refractivity contribution in [2.24, 2.45) is 16.2 Å². The highest BCUT2D eigenvalue weighted by Crippen LogP contribution is 2.66. The van der Waals surface area contributed by atoms with E-state index in [9.17, 15) is 19.8 Å². The van der Waals surface area contributed by atoms with Gasteiger partial charge >= 0.3 is 5.97 Å². The third-order valence-electron chi connectivity index (χ3n) is 14.3. The second-order valence-electron chi connectivity index (χ2n) is 17.5. The van der Waals surface area contributed by atoms with Crippen molar-refractivity contribution in [3.05, 3.63) is 104 Å². The van der Waals surface area contributed by atoms with Crippen LogP contribution in [0.25, 0.3) is 0 Å². The SMILES string of the molecule is CC1=CCCC2(C)C(CCC2(O)CN(Cc2ccccc2)C(=O)C23CCC(C)(C(=O)O2)C3(C)C)c2ccc(cc2C(=O)c2ccc(C)s2)CC(O)CC1. The van der Waals surface area contributed by atoms with Crippen molar-refractivity contribution >= 4 is 29.0 Å². The molecule has 3 fully saturated rings. The lowest BCUT2D eigenvalue weighted by Crippen LogP contribution is -2.60. The van der Waals surface area contributed by atoms with Crippen LogP contribution in [0.4, 0.5) is 0 Å². The molecule has 2 saturated carbocycles. The number of aliphatic hydroxyl groups is 2. The number of aliphatic hydroxyl groups excluding tert-OH is 1. The molecule has 8 heteroatoms. The summed E-state index contributed by atoms with van der Waals surface area (Å²) < 4.78 is 6.14. The summed E-state index contributed by atoms with van der Waals surface area (Å²) in [6.07, 6.45) is 7.01. The Morgan fingerprint density at radius 3 is 2.36 bits per heavy atom. The topological polar surface area (TPSA) is 104 Å². The number of nitrogens with zero attached hydrogens (tertiary/aromatic N) is 1. The Morgan fingerprint density at radius 2 is 1.70 bits per heavy atom. The minimum absolute atomic E-state index is 0.0374. The first-order valence-electron chi connectivity index (χ1n) is 19.4. The molecule has 1 saturated heterocycles. The van der Waals surface area contributed by atoms with Crippen molar-refractivity contribution in [1.29, 1.82) is 0 Å². The smallest absolute Gasteiger partial charge is 0.313 e. The summed E-state index contributed by atoms with van der Waals surface area (Å²) in [5.74, 6) is -0.782. The number of benzene rings is 2. The number of allylic oxidation sites excluding steroid dienone is 2. The van der Waals surface area contributed by atoms with Gasteiger partial charge in [0.25, 0.3) is 5.91 Å². The number of hydrogen-bond donors (Lipinski definition) is 2. The zero-order valence-corrected chi connectivity index (χ0v) is 33.0. The molecule has 4 aliphatic carbocycles. The first-order valence-corrected chi connectivity index (χ1v) is 20.2. The van der Waals surface area contributed by atoms with Gasteiger partial charge in [0, 0.05) is 27.8 Å². The fourth-order valence-corrected chi connectivity index (χ4v) is 11.0. The van der Waals surface area contributed by atoms with Crippen LogP contribution in [0.5, 0.6) is 0 Å². The quantitative estimate of drug-likeness (QED) is 0.143. The standard InChI is InChI=1S/C45H55NO6S/c1-29-11-10-21-42(5)36(34-18-16-32(25-33(47)17-14-29)26-35(34)38(48)37-19-15-30(2)53-37)20-22-44(42,51)28-46(27-31-12-8-7-9-13-31)39(49)45-24-23-43(6,40(50)52-45)41(45,3)4/h7-9,11-13,15-16,18-19,26,33,36,47,51H,10,14,17,20-25,27-28H2,1-6H3. The zero-order chi connectivity index (χ0) is 38.0. The number of ether oxygens (including phenoxy) is 1. The molecule has 1 aromatic heterocycles. The monoisotopic (exact) mass is 737 g/mol. The zero-order valence-electron chi connectivity index (χ0n) is 32.2. The molecular formula is C45H55NO6S. The van der Waals surface area contributed by atoms with Gasteiger partial charge in [-0.1, -0.05) is 74.9 Å². The molecule has 5 aliphatic rings. The van der Waals surface area contributed by atoms with Crippen molar-refractivity contribution in [3.8, 4) is 0 Å².